The van der Waals surface area contributed by atoms with E-state index in [4.69, 9.17) is 9.84 Å². The molecule has 1 aliphatic rings. The average Bonchev–Trinajstić information content (AvgIpc) is 2.52. The van der Waals surface area contributed by atoms with Crippen LogP contribution in [0.2, 0.25) is 0 Å². The van der Waals surface area contributed by atoms with E-state index in [1.807, 2.05) is 31.2 Å². The predicted molar refractivity (Wildman–Crippen MR) is 90.3 cm³/mol. The third-order valence-electron chi connectivity index (χ3n) is 4.14. The van der Waals surface area contributed by atoms with Crippen molar-refractivity contribution in [3.8, 4) is 5.75 Å². The van der Waals surface area contributed by atoms with E-state index in [2.05, 4.69) is 21.2 Å². The lowest BCUT2D eigenvalue weighted by atomic mass is 9.81. The van der Waals surface area contributed by atoms with Gasteiger partial charge in [0.1, 0.15) is 11.9 Å². The first-order chi connectivity index (χ1) is 11.0. The molecule has 1 atom stereocenters. The number of hydrogen-bond acceptors (Lipinski definition) is 3. The molecule has 23 heavy (non-hydrogen) atoms. The summed E-state index contributed by atoms with van der Waals surface area (Å²) in [5.74, 6) is -0.372. The highest BCUT2D eigenvalue weighted by Crippen LogP contribution is 2.29. The van der Waals surface area contributed by atoms with Gasteiger partial charge in [-0.3, -0.25) is 9.59 Å². The Morgan fingerprint density at radius 2 is 1.96 bits per heavy atom. The van der Waals surface area contributed by atoms with Gasteiger partial charge in [0.25, 0.3) is 0 Å². The Labute approximate surface area is 144 Å². The number of benzene rings is 1. The van der Waals surface area contributed by atoms with Gasteiger partial charge >= 0.3 is 5.97 Å². The Hall–Kier alpha value is -1.56. The largest absolute Gasteiger partial charge is 0.489 e. The lowest BCUT2D eigenvalue weighted by Gasteiger charge is -2.25. The van der Waals surface area contributed by atoms with Crippen molar-refractivity contribution in [2.45, 2.75) is 38.7 Å². The minimum absolute atomic E-state index is 0.00136. The van der Waals surface area contributed by atoms with Crippen molar-refractivity contribution in [2.24, 2.45) is 11.8 Å². The molecule has 0 saturated heterocycles. The van der Waals surface area contributed by atoms with Crippen molar-refractivity contribution in [3.63, 3.8) is 0 Å². The van der Waals surface area contributed by atoms with Crippen LogP contribution in [0.3, 0.4) is 0 Å². The molecule has 6 heteroatoms. The smallest absolute Gasteiger partial charge is 0.306 e. The van der Waals surface area contributed by atoms with Crippen LogP contribution in [-0.4, -0.2) is 29.6 Å². The number of carbonyl (C=O) groups is 2. The molecule has 0 heterocycles. The fourth-order valence-corrected chi connectivity index (χ4v) is 3.18. The second kappa shape index (κ2) is 8.34. The van der Waals surface area contributed by atoms with E-state index >= 15 is 0 Å². The zero-order chi connectivity index (χ0) is 16.8. The van der Waals surface area contributed by atoms with Crippen LogP contribution < -0.4 is 10.1 Å². The van der Waals surface area contributed by atoms with Crippen molar-refractivity contribution >= 4 is 27.8 Å². The second-order valence-corrected chi connectivity index (χ2v) is 6.93. The molecular weight excluding hydrogens is 362 g/mol. The number of rotatable bonds is 6. The minimum atomic E-state index is -0.750. The Kier molecular flexibility index (Phi) is 6.45. The van der Waals surface area contributed by atoms with Gasteiger partial charge in [-0.1, -0.05) is 22.0 Å². The van der Waals surface area contributed by atoms with Crippen molar-refractivity contribution in [2.75, 3.05) is 6.54 Å². The molecule has 0 aliphatic heterocycles. The Bertz CT molecular complexity index is 555. The maximum atomic E-state index is 12.2. The van der Waals surface area contributed by atoms with Crippen LogP contribution in [0.5, 0.6) is 5.75 Å². The summed E-state index contributed by atoms with van der Waals surface area (Å²) in [4.78, 5) is 23.1. The summed E-state index contributed by atoms with van der Waals surface area (Å²) in [5, 5.41) is 11.9. The van der Waals surface area contributed by atoms with Crippen LogP contribution >= 0.6 is 15.9 Å². The molecule has 2 rings (SSSR count). The topological polar surface area (TPSA) is 75.6 Å². The van der Waals surface area contributed by atoms with E-state index < -0.39 is 5.97 Å². The van der Waals surface area contributed by atoms with Gasteiger partial charge in [0.15, 0.2) is 0 Å². The molecule has 1 amide bonds. The van der Waals surface area contributed by atoms with E-state index in [-0.39, 0.29) is 23.8 Å². The van der Waals surface area contributed by atoms with E-state index in [0.717, 1.165) is 10.2 Å². The zero-order valence-corrected chi connectivity index (χ0v) is 14.7. The van der Waals surface area contributed by atoms with Crippen LogP contribution in [0.15, 0.2) is 28.7 Å². The Balaban J connectivity index is 1.73. The van der Waals surface area contributed by atoms with Gasteiger partial charge in [-0.2, -0.15) is 0 Å². The molecule has 2 N–H and O–H groups in total. The monoisotopic (exact) mass is 383 g/mol. The first-order valence-corrected chi connectivity index (χ1v) is 8.67. The van der Waals surface area contributed by atoms with Gasteiger partial charge in [-0.25, -0.2) is 0 Å². The van der Waals surface area contributed by atoms with Crippen LogP contribution in [0.25, 0.3) is 0 Å². The van der Waals surface area contributed by atoms with Crippen LogP contribution in [0.1, 0.15) is 32.6 Å². The number of amides is 1. The SMILES string of the molecule is CC(CNC(=O)C1CCC(C(=O)O)CC1)Oc1cccc(Br)c1. The molecule has 1 unspecified atom stereocenters. The van der Waals surface area contributed by atoms with Crippen molar-refractivity contribution in [1.82, 2.24) is 5.32 Å². The predicted octanol–water partition coefficient (Wildman–Crippen LogP) is 3.22. The molecule has 0 spiro atoms. The average molecular weight is 384 g/mol. The number of nitrogens with one attached hydrogen (secondary N) is 1. The Morgan fingerprint density at radius 3 is 2.57 bits per heavy atom. The van der Waals surface area contributed by atoms with Gasteiger partial charge in [-0.15, -0.1) is 0 Å². The summed E-state index contributed by atoms with van der Waals surface area (Å²) in [6.07, 6.45) is 2.31. The van der Waals surface area contributed by atoms with Crippen LogP contribution in [-0.2, 0) is 9.59 Å². The molecule has 1 aromatic carbocycles. The molecule has 0 bridgehead atoms. The molecule has 1 fully saturated rings. The minimum Gasteiger partial charge on any atom is -0.489 e. The fraction of sp³-hybridized carbons (Fsp3) is 0.529. The van der Waals surface area contributed by atoms with E-state index in [9.17, 15) is 9.59 Å². The standard InChI is InChI=1S/C17H22BrNO4/c1-11(23-15-4-2-3-14(18)9-15)10-19-16(20)12-5-7-13(8-6-12)17(21)22/h2-4,9,11-13H,5-8,10H2,1H3,(H,19,20)(H,21,22). The van der Waals surface area contributed by atoms with Crippen molar-refractivity contribution in [1.29, 1.82) is 0 Å². The van der Waals surface area contributed by atoms with Crippen molar-refractivity contribution in [3.05, 3.63) is 28.7 Å². The molecule has 1 saturated carbocycles. The highest BCUT2D eigenvalue weighted by Gasteiger charge is 2.29. The maximum Gasteiger partial charge on any atom is 0.306 e. The summed E-state index contributed by atoms with van der Waals surface area (Å²) >= 11 is 3.39. The first-order valence-electron chi connectivity index (χ1n) is 7.88. The molecule has 1 aliphatic carbocycles. The van der Waals surface area contributed by atoms with E-state index in [1.165, 1.54) is 0 Å². The molecule has 5 nitrogen and oxygen atoms in total. The number of hydrogen-bond donors (Lipinski definition) is 2. The summed E-state index contributed by atoms with van der Waals surface area (Å²) in [6.45, 7) is 2.34. The maximum absolute atomic E-state index is 12.2. The van der Waals surface area contributed by atoms with E-state index in [0.29, 0.717) is 32.2 Å². The molecule has 0 aromatic heterocycles. The van der Waals surface area contributed by atoms with Gasteiger partial charge in [-0.05, 0) is 50.8 Å². The van der Waals surface area contributed by atoms with Gasteiger partial charge in [0.2, 0.25) is 5.91 Å². The molecule has 0 radical (unpaired) electrons. The molecule has 126 valence electrons. The third-order valence-corrected chi connectivity index (χ3v) is 4.64. The summed E-state index contributed by atoms with van der Waals surface area (Å²) in [6, 6.07) is 7.57. The fourth-order valence-electron chi connectivity index (χ4n) is 2.81. The normalized spacial score (nSPS) is 22.2. The van der Waals surface area contributed by atoms with Crippen molar-refractivity contribution < 1.29 is 19.4 Å². The summed E-state index contributed by atoms with van der Waals surface area (Å²) in [5.41, 5.74) is 0. The lowest BCUT2D eigenvalue weighted by Crippen LogP contribution is -2.39. The van der Waals surface area contributed by atoms with E-state index in [1.54, 1.807) is 0 Å². The van der Waals surface area contributed by atoms with Crippen LogP contribution in [0, 0.1) is 11.8 Å². The first kappa shape index (κ1) is 17.8. The quantitative estimate of drug-likeness (QED) is 0.790. The van der Waals surface area contributed by atoms with Gasteiger partial charge in [0, 0.05) is 10.4 Å². The lowest BCUT2D eigenvalue weighted by molar-refractivity contribution is -0.144. The van der Waals surface area contributed by atoms with Gasteiger partial charge in [0.05, 0.1) is 12.5 Å². The Morgan fingerprint density at radius 1 is 1.30 bits per heavy atom. The number of carboxylic acid groups (broad SMARTS) is 1. The highest BCUT2D eigenvalue weighted by atomic mass is 79.9. The van der Waals surface area contributed by atoms with Gasteiger partial charge < -0.3 is 15.2 Å². The highest BCUT2D eigenvalue weighted by molar-refractivity contribution is 9.10. The zero-order valence-electron chi connectivity index (χ0n) is 13.1. The summed E-state index contributed by atoms with van der Waals surface area (Å²) < 4.78 is 6.70. The number of halogens is 1. The number of carbonyl (C=O) groups excluding carboxylic acids is 1. The second-order valence-electron chi connectivity index (χ2n) is 6.02. The number of ether oxygens (including phenoxy) is 1. The summed E-state index contributed by atoms with van der Waals surface area (Å²) in [7, 11) is 0. The number of carboxylic acids is 1. The third kappa shape index (κ3) is 5.53. The van der Waals surface area contributed by atoms with Crippen LogP contribution in [0.4, 0.5) is 0 Å². The molecule has 1 aromatic rings. The number of aliphatic carboxylic acids is 1. The molecular formula is C17H22BrNO4.